The fourth-order valence-electron chi connectivity index (χ4n) is 2.79. The van der Waals surface area contributed by atoms with Crippen molar-refractivity contribution in [2.45, 2.75) is 6.36 Å². The lowest BCUT2D eigenvalue weighted by molar-refractivity contribution is -0.274. The van der Waals surface area contributed by atoms with Gasteiger partial charge in [-0.15, -0.1) is 13.2 Å². The van der Waals surface area contributed by atoms with Crippen LogP contribution in [0.15, 0.2) is 47.3 Å². The maximum Gasteiger partial charge on any atom is 0.573 e. The summed E-state index contributed by atoms with van der Waals surface area (Å²) in [5.41, 5.74) is 1.46. The zero-order valence-corrected chi connectivity index (χ0v) is 17.7. The Morgan fingerprint density at radius 2 is 1.79 bits per heavy atom. The number of hydrazine groups is 1. The first-order valence-corrected chi connectivity index (χ1v) is 9.44. The van der Waals surface area contributed by atoms with Gasteiger partial charge in [0.2, 0.25) is 5.43 Å². The van der Waals surface area contributed by atoms with Crippen molar-refractivity contribution in [3.05, 3.63) is 74.5 Å². The molecule has 0 bridgehead atoms. The zero-order valence-electron chi connectivity index (χ0n) is 16.9. The molecule has 2 aromatic carbocycles. The molecule has 1 aromatic heterocycles. The number of nitrogens with one attached hydrogen (secondary N) is 3. The number of benzene rings is 2. The van der Waals surface area contributed by atoms with Crippen LogP contribution in [0.3, 0.4) is 0 Å². The van der Waals surface area contributed by atoms with Gasteiger partial charge in [-0.3, -0.25) is 15.0 Å². The number of pyridine rings is 1. The molecule has 1 heterocycles. The first-order valence-electron chi connectivity index (χ1n) is 9.06. The van der Waals surface area contributed by atoms with Gasteiger partial charge in [0, 0.05) is 16.0 Å². The third-order valence-electron chi connectivity index (χ3n) is 4.19. The molecule has 10 nitrogen and oxygen atoms in total. The second-order valence-corrected chi connectivity index (χ2v) is 6.84. The molecule has 178 valence electrons. The van der Waals surface area contributed by atoms with Gasteiger partial charge in [-0.2, -0.15) is 0 Å². The van der Waals surface area contributed by atoms with Crippen LogP contribution in [0, 0.1) is 0 Å². The van der Waals surface area contributed by atoms with E-state index in [1.54, 1.807) is 5.59 Å². The van der Waals surface area contributed by atoms with Gasteiger partial charge < -0.3 is 19.3 Å². The number of ether oxygens (including phenoxy) is 2. The predicted molar refractivity (Wildman–Crippen MR) is 110 cm³/mol. The number of aromatic amines is 1. The Balaban J connectivity index is 1.78. The highest BCUT2D eigenvalue weighted by atomic mass is 35.5. The Labute approximate surface area is 192 Å². The fraction of sp³-hybridized carbons (Fsp3) is 0.100. The molecule has 0 radical (unpaired) electrons. The van der Waals surface area contributed by atoms with E-state index in [2.05, 4.69) is 19.3 Å². The van der Waals surface area contributed by atoms with Gasteiger partial charge in [0.1, 0.15) is 17.0 Å². The highest BCUT2D eigenvalue weighted by Crippen LogP contribution is 2.23. The predicted octanol–water partition coefficient (Wildman–Crippen LogP) is 2.87. The molecule has 3 N–H and O–H groups in total. The Hall–Kier alpha value is -4.10. The molecule has 0 aliphatic heterocycles. The number of fused-ring (bicyclic) bond motifs is 1. The third-order valence-corrected chi connectivity index (χ3v) is 4.43. The number of halogens is 4. The number of carbonyl (C=O) groups excluding carboxylic acids is 3. The summed E-state index contributed by atoms with van der Waals surface area (Å²) in [6, 6.07) is 8.16. The van der Waals surface area contributed by atoms with Crippen molar-refractivity contribution in [1.29, 1.82) is 0 Å². The first-order chi connectivity index (χ1) is 16.0. The van der Waals surface area contributed by atoms with Crippen LogP contribution in [0.4, 0.5) is 13.2 Å². The van der Waals surface area contributed by atoms with Gasteiger partial charge in [-0.25, -0.2) is 9.59 Å². The van der Waals surface area contributed by atoms with Crippen LogP contribution in [0.25, 0.3) is 10.9 Å². The van der Waals surface area contributed by atoms with Crippen LogP contribution in [0.1, 0.15) is 31.2 Å². The van der Waals surface area contributed by atoms with Crippen molar-refractivity contribution < 1.29 is 41.9 Å². The zero-order chi connectivity index (χ0) is 25.0. The van der Waals surface area contributed by atoms with Crippen molar-refractivity contribution in [3.63, 3.8) is 0 Å². The number of alkyl halides is 3. The van der Waals surface area contributed by atoms with Gasteiger partial charge in [0.15, 0.2) is 0 Å². The van der Waals surface area contributed by atoms with Crippen molar-refractivity contribution >= 4 is 40.3 Å². The molecular weight excluding hydrogens is 487 g/mol. The molecule has 1 amide bonds. The van der Waals surface area contributed by atoms with Crippen molar-refractivity contribution in [3.8, 4) is 5.75 Å². The summed E-state index contributed by atoms with van der Waals surface area (Å²) in [6.07, 6.45) is -4.96. The summed E-state index contributed by atoms with van der Waals surface area (Å²) >= 11 is 5.89. The molecule has 0 atom stereocenters. The van der Waals surface area contributed by atoms with Crippen LogP contribution in [-0.4, -0.2) is 36.3 Å². The highest BCUT2D eigenvalue weighted by molar-refractivity contribution is 6.31. The van der Waals surface area contributed by atoms with Crippen LogP contribution in [-0.2, 0) is 9.57 Å². The normalized spacial score (nSPS) is 11.1. The molecule has 0 saturated heterocycles. The van der Waals surface area contributed by atoms with Crippen molar-refractivity contribution in [2.75, 3.05) is 7.11 Å². The summed E-state index contributed by atoms with van der Waals surface area (Å²) in [4.78, 5) is 56.7. The van der Waals surface area contributed by atoms with Crippen LogP contribution in [0.5, 0.6) is 5.75 Å². The minimum atomic E-state index is -4.96. The molecular formula is C20H13ClF3N3O7. The highest BCUT2D eigenvalue weighted by Gasteiger charge is 2.31. The van der Waals surface area contributed by atoms with Crippen molar-refractivity contribution in [1.82, 2.24) is 16.0 Å². The number of hydrogen-bond donors (Lipinski definition) is 3. The number of rotatable bonds is 6. The smallest absolute Gasteiger partial charge is 0.465 e. The lowest BCUT2D eigenvalue weighted by atomic mass is 10.1. The van der Waals surface area contributed by atoms with Crippen molar-refractivity contribution in [2.24, 2.45) is 0 Å². The standard InChI is InChI=1S/C20H13ClF3N3O7/c1-32-18(30)14-15(25-13-8-10(21)5-6-12(13)16(14)28)19(31)34-27-26-17(29)9-3-2-4-11(7-9)33-20(22,23)24/h2-8,27H,1H3,(H,25,28)(H,26,29). The summed E-state index contributed by atoms with van der Waals surface area (Å²) in [6.45, 7) is 0. The average Bonchev–Trinajstić information content (AvgIpc) is 2.77. The number of aromatic nitrogens is 1. The molecule has 0 fully saturated rings. The fourth-order valence-corrected chi connectivity index (χ4v) is 2.96. The SMILES string of the molecule is COC(=O)c1c(C(=O)ONNC(=O)c2cccc(OC(F)(F)F)c2)[nH]c2cc(Cl)ccc2c1=O. The van der Waals surface area contributed by atoms with E-state index < -0.39 is 46.6 Å². The third kappa shape index (κ3) is 5.63. The monoisotopic (exact) mass is 499 g/mol. The van der Waals surface area contributed by atoms with Gasteiger partial charge in [-0.1, -0.05) is 23.3 Å². The van der Waals surface area contributed by atoms with E-state index in [1.165, 1.54) is 24.3 Å². The van der Waals surface area contributed by atoms with Gasteiger partial charge >= 0.3 is 18.3 Å². The minimum Gasteiger partial charge on any atom is -0.465 e. The Kier molecular flexibility index (Phi) is 7.08. The summed E-state index contributed by atoms with van der Waals surface area (Å²) in [5, 5.41) is 0.277. The van der Waals surface area contributed by atoms with E-state index in [9.17, 15) is 32.3 Å². The Morgan fingerprint density at radius 1 is 1.06 bits per heavy atom. The Bertz CT molecular complexity index is 1340. The van der Waals surface area contributed by atoms with E-state index in [-0.39, 0.29) is 21.5 Å². The van der Waals surface area contributed by atoms with Gasteiger partial charge in [0.05, 0.1) is 12.6 Å². The van der Waals surface area contributed by atoms with Crippen LogP contribution < -0.4 is 21.2 Å². The number of methoxy groups -OCH3 is 1. The molecule has 0 aliphatic carbocycles. The number of esters is 1. The summed E-state index contributed by atoms with van der Waals surface area (Å²) in [5.74, 6) is -4.07. The first kappa shape index (κ1) is 24.5. The molecule has 0 spiro atoms. The van der Waals surface area contributed by atoms with Crippen LogP contribution in [0.2, 0.25) is 5.02 Å². The maximum absolute atomic E-state index is 12.7. The second kappa shape index (κ2) is 9.80. The molecule has 0 unspecified atom stereocenters. The van der Waals surface area contributed by atoms with E-state index in [4.69, 9.17) is 11.6 Å². The van der Waals surface area contributed by atoms with E-state index in [1.807, 2.05) is 5.43 Å². The van der Waals surface area contributed by atoms with E-state index in [0.29, 0.717) is 0 Å². The molecule has 0 saturated carbocycles. The summed E-state index contributed by atoms with van der Waals surface area (Å²) in [7, 11) is 0.998. The lowest BCUT2D eigenvalue weighted by Gasteiger charge is -2.12. The maximum atomic E-state index is 12.7. The topological polar surface area (TPSA) is 136 Å². The van der Waals surface area contributed by atoms with Gasteiger partial charge in [-0.05, 0) is 36.4 Å². The second-order valence-electron chi connectivity index (χ2n) is 6.41. The number of H-pyrrole nitrogens is 1. The molecule has 0 aliphatic rings. The van der Waals surface area contributed by atoms with Gasteiger partial charge in [0.25, 0.3) is 5.91 Å². The molecule has 34 heavy (non-hydrogen) atoms. The largest absolute Gasteiger partial charge is 0.573 e. The molecule has 14 heteroatoms. The average molecular weight is 500 g/mol. The quantitative estimate of drug-likeness (QED) is 0.348. The number of hydrogen-bond acceptors (Lipinski definition) is 8. The molecule has 3 rings (SSSR count). The van der Waals surface area contributed by atoms with E-state index >= 15 is 0 Å². The minimum absolute atomic E-state index is 0.0450. The number of carbonyl (C=O) groups is 3. The number of amides is 1. The Morgan fingerprint density at radius 3 is 2.47 bits per heavy atom. The van der Waals surface area contributed by atoms with Crippen LogP contribution >= 0.6 is 11.6 Å². The molecule has 3 aromatic rings. The van der Waals surface area contributed by atoms with E-state index in [0.717, 1.165) is 25.3 Å². The summed E-state index contributed by atoms with van der Waals surface area (Å²) < 4.78 is 45.3. The lowest BCUT2D eigenvalue weighted by Crippen LogP contribution is -2.39.